The number of methoxy groups -OCH3 is 1. The van der Waals surface area contributed by atoms with Crippen LogP contribution in [0.5, 0.6) is 0 Å². The standard InChI is InChI=1S/C15H22N2O2/c1-10(2)14(9-19-3)16-12-5-6-13-11(8-12)4-7-15(18)17-13/h5-6,8,10,14,16H,4,7,9H2,1-3H3,(H,17,18). The molecule has 19 heavy (non-hydrogen) atoms. The molecule has 0 spiro atoms. The number of fused-ring (bicyclic) bond motifs is 1. The molecule has 1 aromatic rings. The van der Waals surface area contributed by atoms with Crippen molar-refractivity contribution in [1.29, 1.82) is 0 Å². The van der Waals surface area contributed by atoms with Crippen LogP contribution in [0.25, 0.3) is 0 Å². The summed E-state index contributed by atoms with van der Waals surface area (Å²) in [6, 6.07) is 6.40. The number of ether oxygens (including phenoxy) is 1. The fourth-order valence-electron chi connectivity index (χ4n) is 2.27. The van der Waals surface area contributed by atoms with Crippen LogP contribution in [0, 0.1) is 5.92 Å². The molecule has 0 aromatic heterocycles. The molecule has 1 unspecified atom stereocenters. The Morgan fingerprint density at radius 3 is 2.84 bits per heavy atom. The fraction of sp³-hybridized carbons (Fsp3) is 0.533. The smallest absolute Gasteiger partial charge is 0.224 e. The van der Waals surface area contributed by atoms with Gasteiger partial charge < -0.3 is 15.4 Å². The van der Waals surface area contributed by atoms with E-state index in [-0.39, 0.29) is 5.91 Å². The minimum Gasteiger partial charge on any atom is -0.383 e. The second kappa shape index (κ2) is 6.06. The second-order valence-corrected chi connectivity index (χ2v) is 5.37. The summed E-state index contributed by atoms with van der Waals surface area (Å²) in [7, 11) is 1.72. The van der Waals surface area contributed by atoms with Crippen molar-refractivity contribution in [3.8, 4) is 0 Å². The monoisotopic (exact) mass is 262 g/mol. The number of amides is 1. The number of carbonyl (C=O) groups is 1. The largest absolute Gasteiger partial charge is 0.383 e. The first-order chi connectivity index (χ1) is 9.10. The molecule has 2 rings (SSSR count). The topological polar surface area (TPSA) is 50.4 Å². The molecule has 1 aromatic carbocycles. The van der Waals surface area contributed by atoms with E-state index in [0.29, 0.717) is 25.0 Å². The molecule has 1 amide bonds. The summed E-state index contributed by atoms with van der Waals surface area (Å²) in [5, 5.41) is 6.40. The maximum atomic E-state index is 11.3. The van der Waals surface area contributed by atoms with Gasteiger partial charge in [-0.3, -0.25) is 4.79 Å². The minimum atomic E-state index is 0.104. The van der Waals surface area contributed by atoms with E-state index in [1.165, 1.54) is 5.56 Å². The molecular formula is C15H22N2O2. The Bertz CT molecular complexity index is 457. The Morgan fingerprint density at radius 1 is 1.37 bits per heavy atom. The summed E-state index contributed by atoms with van der Waals surface area (Å²) in [6.45, 7) is 5.04. The Kier molecular flexibility index (Phi) is 4.43. The van der Waals surface area contributed by atoms with Crippen LogP contribution >= 0.6 is 0 Å². The Morgan fingerprint density at radius 2 is 2.16 bits per heavy atom. The first-order valence-corrected chi connectivity index (χ1v) is 6.78. The number of aryl methyl sites for hydroxylation is 1. The van der Waals surface area contributed by atoms with E-state index >= 15 is 0 Å². The molecule has 1 heterocycles. The molecule has 0 aliphatic carbocycles. The number of carbonyl (C=O) groups excluding carboxylic acids is 1. The number of hydrogen-bond donors (Lipinski definition) is 2. The lowest BCUT2D eigenvalue weighted by Crippen LogP contribution is -2.30. The molecule has 1 aliphatic heterocycles. The minimum absolute atomic E-state index is 0.104. The van der Waals surface area contributed by atoms with Crippen LogP contribution in [-0.2, 0) is 16.0 Å². The van der Waals surface area contributed by atoms with Crippen molar-refractivity contribution in [1.82, 2.24) is 0 Å². The number of benzene rings is 1. The van der Waals surface area contributed by atoms with E-state index in [1.807, 2.05) is 12.1 Å². The fourth-order valence-corrected chi connectivity index (χ4v) is 2.27. The first-order valence-electron chi connectivity index (χ1n) is 6.78. The Labute approximate surface area is 114 Å². The van der Waals surface area contributed by atoms with Crippen LogP contribution in [0.4, 0.5) is 11.4 Å². The third-order valence-electron chi connectivity index (χ3n) is 3.50. The van der Waals surface area contributed by atoms with Gasteiger partial charge in [0.15, 0.2) is 0 Å². The van der Waals surface area contributed by atoms with Gasteiger partial charge in [-0.1, -0.05) is 13.8 Å². The molecule has 0 fully saturated rings. The molecule has 2 N–H and O–H groups in total. The molecular weight excluding hydrogens is 240 g/mol. The van der Waals surface area contributed by atoms with E-state index in [1.54, 1.807) is 7.11 Å². The summed E-state index contributed by atoms with van der Waals surface area (Å²) in [5.41, 5.74) is 3.23. The predicted molar refractivity (Wildman–Crippen MR) is 77.5 cm³/mol. The predicted octanol–water partition coefficient (Wildman–Crippen LogP) is 2.65. The quantitative estimate of drug-likeness (QED) is 0.857. The lowest BCUT2D eigenvalue weighted by molar-refractivity contribution is -0.116. The van der Waals surface area contributed by atoms with Crippen molar-refractivity contribution in [2.24, 2.45) is 5.92 Å². The van der Waals surface area contributed by atoms with Crippen LogP contribution in [0.1, 0.15) is 25.8 Å². The van der Waals surface area contributed by atoms with Gasteiger partial charge in [0.25, 0.3) is 0 Å². The number of nitrogens with one attached hydrogen (secondary N) is 2. The normalized spacial score (nSPS) is 15.9. The van der Waals surface area contributed by atoms with Gasteiger partial charge in [-0.05, 0) is 36.1 Å². The van der Waals surface area contributed by atoms with Crippen molar-refractivity contribution in [3.63, 3.8) is 0 Å². The van der Waals surface area contributed by atoms with E-state index in [2.05, 4.69) is 30.5 Å². The van der Waals surface area contributed by atoms with Gasteiger partial charge in [0.2, 0.25) is 5.91 Å². The van der Waals surface area contributed by atoms with E-state index in [9.17, 15) is 4.79 Å². The molecule has 0 saturated carbocycles. The summed E-state index contributed by atoms with van der Waals surface area (Å²) in [6.07, 6.45) is 1.38. The average Bonchev–Trinajstić information content (AvgIpc) is 2.38. The third kappa shape index (κ3) is 3.47. The zero-order valence-corrected chi connectivity index (χ0v) is 11.8. The summed E-state index contributed by atoms with van der Waals surface area (Å²) in [5.74, 6) is 0.600. The molecule has 1 atom stereocenters. The van der Waals surface area contributed by atoms with Crippen molar-refractivity contribution in [2.75, 3.05) is 24.4 Å². The first kappa shape index (κ1) is 13.9. The number of hydrogen-bond acceptors (Lipinski definition) is 3. The maximum Gasteiger partial charge on any atom is 0.224 e. The summed E-state index contributed by atoms with van der Waals surface area (Å²) in [4.78, 5) is 11.3. The SMILES string of the molecule is COCC(Nc1ccc2c(c1)CCC(=O)N2)C(C)C. The Balaban J connectivity index is 2.11. The molecule has 0 radical (unpaired) electrons. The van der Waals surface area contributed by atoms with Crippen LogP contribution < -0.4 is 10.6 Å². The maximum absolute atomic E-state index is 11.3. The van der Waals surface area contributed by atoms with Crippen LogP contribution in [-0.4, -0.2) is 25.7 Å². The lowest BCUT2D eigenvalue weighted by atomic mass is 10.0. The number of rotatable bonds is 5. The van der Waals surface area contributed by atoms with Gasteiger partial charge in [0, 0.05) is 24.9 Å². The van der Waals surface area contributed by atoms with Gasteiger partial charge in [0.05, 0.1) is 12.6 Å². The highest BCUT2D eigenvalue weighted by Crippen LogP contribution is 2.26. The summed E-state index contributed by atoms with van der Waals surface area (Å²) < 4.78 is 5.24. The zero-order chi connectivity index (χ0) is 13.8. The van der Waals surface area contributed by atoms with Crippen LogP contribution in [0.2, 0.25) is 0 Å². The molecule has 4 nitrogen and oxygen atoms in total. The van der Waals surface area contributed by atoms with Crippen molar-refractivity contribution < 1.29 is 9.53 Å². The van der Waals surface area contributed by atoms with Gasteiger partial charge in [0.1, 0.15) is 0 Å². The molecule has 0 saturated heterocycles. The molecule has 0 bridgehead atoms. The second-order valence-electron chi connectivity index (χ2n) is 5.37. The molecule has 4 heteroatoms. The van der Waals surface area contributed by atoms with Crippen molar-refractivity contribution in [3.05, 3.63) is 23.8 Å². The van der Waals surface area contributed by atoms with Gasteiger partial charge in [-0.25, -0.2) is 0 Å². The number of anilines is 2. The van der Waals surface area contributed by atoms with Crippen molar-refractivity contribution in [2.45, 2.75) is 32.7 Å². The van der Waals surface area contributed by atoms with Crippen LogP contribution in [0.3, 0.4) is 0 Å². The third-order valence-corrected chi connectivity index (χ3v) is 3.50. The van der Waals surface area contributed by atoms with Gasteiger partial charge >= 0.3 is 0 Å². The zero-order valence-electron chi connectivity index (χ0n) is 11.8. The van der Waals surface area contributed by atoms with Crippen LogP contribution in [0.15, 0.2) is 18.2 Å². The van der Waals surface area contributed by atoms with Gasteiger partial charge in [-0.15, -0.1) is 0 Å². The van der Waals surface area contributed by atoms with E-state index < -0.39 is 0 Å². The highest BCUT2D eigenvalue weighted by Gasteiger charge is 2.17. The van der Waals surface area contributed by atoms with Crippen molar-refractivity contribution >= 4 is 17.3 Å². The molecule has 1 aliphatic rings. The van der Waals surface area contributed by atoms with Gasteiger partial charge in [-0.2, -0.15) is 0 Å². The lowest BCUT2D eigenvalue weighted by Gasteiger charge is -2.24. The average molecular weight is 262 g/mol. The Hall–Kier alpha value is -1.55. The van der Waals surface area contributed by atoms with E-state index in [0.717, 1.165) is 17.8 Å². The highest BCUT2D eigenvalue weighted by molar-refractivity contribution is 5.94. The van der Waals surface area contributed by atoms with E-state index in [4.69, 9.17) is 4.74 Å². The highest BCUT2D eigenvalue weighted by atomic mass is 16.5. The summed E-state index contributed by atoms with van der Waals surface area (Å²) >= 11 is 0. The molecule has 104 valence electrons.